The van der Waals surface area contributed by atoms with E-state index in [0.29, 0.717) is 63.5 Å². The topological polar surface area (TPSA) is 145 Å². The highest BCUT2D eigenvalue weighted by Gasteiger charge is 2.22. The van der Waals surface area contributed by atoms with Gasteiger partial charge in [-0.05, 0) is 78.4 Å². The number of pyridine rings is 1. The van der Waals surface area contributed by atoms with Crippen LogP contribution in [0.2, 0.25) is 0 Å². The van der Waals surface area contributed by atoms with Gasteiger partial charge in [0.15, 0.2) is 11.5 Å². The van der Waals surface area contributed by atoms with E-state index < -0.39 is 11.9 Å². The Morgan fingerprint density at radius 1 is 0.977 bits per heavy atom. The number of hydrogen-bond acceptors (Lipinski definition) is 8. The zero-order chi connectivity index (χ0) is 31.8. The quantitative estimate of drug-likeness (QED) is 0.177. The number of carboxylic acids is 2. The van der Waals surface area contributed by atoms with Crippen LogP contribution >= 0.6 is 0 Å². The van der Waals surface area contributed by atoms with Crippen molar-refractivity contribution in [2.45, 2.75) is 33.1 Å². The first-order chi connectivity index (χ1) is 21.2. The summed E-state index contributed by atoms with van der Waals surface area (Å²) in [6.07, 6.45) is 8.67. The fourth-order valence-corrected chi connectivity index (χ4v) is 4.98. The van der Waals surface area contributed by atoms with Gasteiger partial charge in [-0.2, -0.15) is 0 Å². The molecule has 3 N–H and O–H groups in total. The number of aromatic carboxylic acids is 1. The molecule has 0 saturated heterocycles. The summed E-state index contributed by atoms with van der Waals surface area (Å²) in [4.78, 5) is 28.9. The average molecular weight is 602 g/mol. The monoisotopic (exact) mass is 601 g/mol. The normalized spacial score (nSPS) is 13.6. The molecule has 1 aromatic heterocycles. The summed E-state index contributed by atoms with van der Waals surface area (Å²) >= 11 is 0. The van der Waals surface area contributed by atoms with Gasteiger partial charge in [-0.1, -0.05) is 6.92 Å². The van der Waals surface area contributed by atoms with Crippen molar-refractivity contribution >= 4 is 28.8 Å². The first-order valence-electron chi connectivity index (χ1n) is 14.1. The second-order valence-electron chi connectivity index (χ2n) is 9.87. The van der Waals surface area contributed by atoms with Crippen molar-refractivity contribution in [2.24, 2.45) is 0 Å². The summed E-state index contributed by atoms with van der Waals surface area (Å²) in [5.41, 5.74) is 2.25. The van der Waals surface area contributed by atoms with Crippen LogP contribution in [0.15, 0.2) is 83.3 Å². The third-order valence-electron chi connectivity index (χ3n) is 7.04. The number of aliphatic hydroxyl groups is 1. The number of aromatic nitrogens is 1. The highest BCUT2D eigenvalue weighted by molar-refractivity contribution is 6.06. The number of fused-ring (bicyclic) bond motifs is 1. The molecule has 0 unspecified atom stereocenters. The van der Waals surface area contributed by atoms with Crippen molar-refractivity contribution < 1.29 is 43.9 Å². The predicted octanol–water partition coefficient (Wildman–Crippen LogP) is 6.92. The Labute approximate surface area is 255 Å². The number of rotatable bonds is 13. The number of benzene rings is 2. The van der Waals surface area contributed by atoms with E-state index in [0.717, 1.165) is 6.42 Å². The molecule has 0 radical (unpaired) electrons. The van der Waals surface area contributed by atoms with Crippen LogP contribution in [-0.4, -0.2) is 59.7 Å². The largest absolute Gasteiger partial charge is 0.504 e. The van der Waals surface area contributed by atoms with Crippen LogP contribution in [0, 0.1) is 0 Å². The molecule has 3 aromatic rings. The molecule has 1 heterocycles. The van der Waals surface area contributed by atoms with Gasteiger partial charge in [-0.15, -0.1) is 0 Å². The van der Waals surface area contributed by atoms with Gasteiger partial charge in [0.05, 0.1) is 39.2 Å². The number of nitrogens with zero attached hydrogens (tertiary/aromatic N) is 1. The lowest BCUT2D eigenvalue weighted by Gasteiger charge is -2.18. The Hall–Kier alpha value is -5.25. The summed E-state index contributed by atoms with van der Waals surface area (Å²) in [6, 6.07) is 8.32. The van der Waals surface area contributed by atoms with Crippen LogP contribution in [0.5, 0.6) is 11.5 Å². The summed E-state index contributed by atoms with van der Waals surface area (Å²) in [7, 11) is 3.02. The molecule has 10 nitrogen and oxygen atoms in total. The Balaban J connectivity index is 1.96. The van der Waals surface area contributed by atoms with Crippen molar-refractivity contribution in [3.63, 3.8) is 0 Å². The van der Waals surface area contributed by atoms with Crippen LogP contribution in [0.3, 0.4) is 0 Å². The van der Waals surface area contributed by atoms with Crippen LogP contribution in [0.25, 0.3) is 28.0 Å². The van der Waals surface area contributed by atoms with Gasteiger partial charge < -0.3 is 34.3 Å². The predicted molar refractivity (Wildman–Crippen MR) is 166 cm³/mol. The van der Waals surface area contributed by atoms with Gasteiger partial charge in [0.2, 0.25) is 0 Å². The number of carbonyl (C=O) groups is 2. The van der Waals surface area contributed by atoms with E-state index in [1.807, 2.05) is 6.92 Å². The van der Waals surface area contributed by atoms with Gasteiger partial charge in [0, 0.05) is 41.1 Å². The maximum atomic E-state index is 12.7. The lowest BCUT2D eigenvalue weighted by atomic mass is 9.92. The van der Waals surface area contributed by atoms with Gasteiger partial charge in [-0.3, -0.25) is 4.98 Å². The number of aliphatic carboxylic acids is 1. The van der Waals surface area contributed by atoms with E-state index in [2.05, 4.69) is 4.98 Å². The van der Waals surface area contributed by atoms with Crippen LogP contribution in [-0.2, 0) is 14.3 Å². The van der Waals surface area contributed by atoms with E-state index in [1.54, 1.807) is 55.7 Å². The molecule has 44 heavy (non-hydrogen) atoms. The summed E-state index contributed by atoms with van der Waals surface area (Å²) < 4.78 is 22.8. The smallest absolute Gasteiger partial charge is 0.335 e. The van der Waals surface area contributed by atoms with Crippen molar-refractivity contribution in [3.05, 3.63) is 94.4 Å². The second-order valence-corrected chi connectivity index (χ2v) is 9.87. The van der Waals surface area contributed by atoms with Gasteiger partial charge in [0.1, 0.15) is 17.3 Å². The summed E-state index contributed by atoms with van der Waals surface area (Å²) in [5, 5.41) is 31.8. The van der Waals surface area contributed by atoms with Gasteiger partial charge in [-0.25, -0.2) is 9.59 Å². The lowest BCUT2D eigenvalue weighted by molar-refractivity contribution is -0.132. The average Bonchev–Trinajstić information content (AvgIpc) is 3.16. The van der Waals surface area contributed by atoms with Crippen molar-refractivity contribution in [1.82, 2.24) is 4.98 Å². The fraction of sp³-hybridized carbons (Fsp3) is 0.265. The molecule has 0 fully saturated rings. The third kappa shape index (κ3) is 6.86. The summed E-state index contributed by atoms with van der Waals surface area (Å²) in [5.74, 6) is -0.644. The standard InChI is InChI=1S/C34H35NO9/c1-5-13-44-31-19-35-18-23(32(31)25-9-11-29(42-4)24-8-7-20(33(37)38)16-26(24)25)15-22(34(39)40)14-21-17-30(43-6-2)27(36)10-12-28(21)41-3/h7-11,15-19,36H,5-6,12-14H2,1-4H3,(H,37,38)(H,39,40)/b22-15+. The molecule has 0 saturated carbocycles. The maximum absolute atomic E-state index is 12.7. The summed E-state index contributed by atoms with van der Waals surface area (Å²) in [6.45, 7) is 4.44. The Bertz CT molecular complexity index is 1700. The van der Waals surface area contributed by atoms with Crippen molar-refractivity contribution in [2.75, 3.05) is 27.4 Å². The zero-order valence-corrected chi connectivity index (χ0v) is 25.0. The van der Waals surface area contributed by atoms with E-state index in [4.69, 9.17) is 18.9 Å². The lowest BCUT2D eigenvalue weighted by Crippen LogP contribution is -2.05. The molecular formula is C34H35NO9. The first-order valence-corrected chi connectivity index (χ1v) is 14.1. The first kappa shape index (κ1) is 31.7. The Kier molecular flexibility index (Phi) is 10.3. The molecule has 0 spiro atoms. The molecule has 1 aliphatic rings. The molecule has 0 aliphatic heterocycles. The van der Waals surface area contributed by atoms with E-state index in [1.165, 1.54) is 26.4 Å². The third-order valence-corrected chi connectivity index (χ3v) is 7.04. The molecule has 2 aromatic carbocycles. The van der Waals surface area contributed by atoms with E-state index in [9.17, 15) is 24.9 Å². The molecule has 0 atom stereocenters. The second kappa shape index (κ2) is 14.3. The maximum Gasteiger partial charge on any atom is 0.335 e. The molecular weight excluding hydrogens is 566 g/mol. The van der Waals surface area contributed by atoms with Crippen LogP contribution < -0.4 is 9.47 Å². The molecule has 0 bridgehead atoms. The van der Waals surface area contributed by atoms with Crippen LogP contribution in [0.1, 0.15) is 49.0 Å². The SMILES string of the molecule is CCCOc1cncc(/C=C(\CC2=C(OC)CC=C(O)C(OCC)=C2)C(=O)O)c1-c1ccc(OC)c2ccc(C(=O)O)cc12. The van der Waals surface area contributed by atoms with Crippen molar-refractivity contribution in [1.29, 1.82) is 0 Å². The Morgan fingerprint density at radius 2 is 1.77 bits per heavy atom. The van der Waals surface area contributed by atoms with Gasteiger partial charge in [0.25, 0.3) is 0 Å². The van der Waals surface area contributed by atoms with E-state index >= 15 is 0 Å². The van der Waals surface area contributed by atoms with Crippen molar-refractivity contribution in [3.8, 4) is 22.6 Å². The number of carboxylic acid groups (broad SMARTS) is 2. The zero-order valence-electron chi connectivity index (χ0n) is 25.0. The highest BCUT2D eigenvalue weighted by atomic mass is 16.5. The highest BCUT2D eigenvalue weighted by Crippen LogP contribution is 2.42. The molecule has 10 heteroatoms. The number of ether oxygens (including phenoxy) is 4. The number of hydrogen-bond donors (Lipinski definition) is 3. The van der Waals surface area contributed by atoms with Crippen LogP contribution in [0.4, 0.5) is 0 Å². The van der Waals surface area contributed by atoms with Gasteiger partial charge >= 0.3 is 11.9 Å². The number of aliphatic hydroxyl groups excluding tert-OH is 1. The fourth-order valence-electron chi connectivity index (χ4n) is 4.98. The molecule has 230 valence electrons. The van der Waals surface area contributed by atoms with E-state index in [-0.39, 0.29) is 35.5 Å². The molecule has 1 aliphatic carbocycles. The number of allylic oxidation sites excluding steroid dienone is 3. The molecule has 0 amide bonds. The minimum atomic E-state index is -1.17. The minimum Gasteiger partial charge on any atom is -0.504 e. The number of methoxy groups -OCH3 is 2. The molecule has 4 rings (SSSR count). The Morgan fingerprint density at radius 3 is 2.43 bits per heavy atom. The minimum absolute atomic E-state index is 0.0165.